The van der Waals surface area contributed by atoms with Gasteiger partial charge < -0.3 is 4.98 Å². The van der Waals surface area contributed by atoms with E-state index in [0.29, 0.717) is 10.2 Å². The average Bonchev–Trinajstić information content (AvgIpc) is 2.47. The molecule has 0 amide bonds. The molecule has 5 nitrogen and oxygen atoms in total. The second-order valence-electron chi connectivity index (χ2n) is 4.08. The molecule has 6 heteroatoms. The van der Waals surface area contributed by atoms with Crippen molar-refractivity contribution in [2.45, 2.75) is 26.3 Å². The topological polar surface area (TPSA) is 59.4 Å². The largest absolute Gasteiger partial charge is 0.329 e. The van der Waals surface area contributed by atoms with Gasteiger partial charge in [-0.3, -0.25) is 0 Å². The maximum atomic E-state index is 5.04. The zero-order valence-corrected chi connectivity index (χ0v) is 9.09. The Morgan fingerprint density at radius 3 is 2.79 bits per heavy atom. The fourth-order valence-corrected chi connectivity index (χ4v) is 1.43. The average molecular weight is 209 g/mol. The van der Waals surface area contributed by atoms with Crippen molar-refractivity contribution in [1.82, 2.24) is 25.0 Å². The van der Waals surface area contributed by atoms with E-state index < -0.39 is 0 Å². The zero-order chi connectivity index (χ0) is 10.3. The minimum Gasteiger partial charge on any atom is -0.329 e. The molecule has 1 N–H and O–H groups in total. The highest BCUT2D eigenvalue weighted by molar-refractivity contribution is 7.71. The van der Waals surface area contributed by atoms with Crippen molar-refractivity contribution in [3.63, 3.8) is 0 Å². The van der Waals surface area contributed by atoms with E-state index in [-0.39, 0.29) is 5.54 Å². The highest BCUT2D eigenvalue weighted by Gasteiger charge is 2.18. The fourth-order valence-electron chi connectivity index (χ4n) is 1.24. The molecule has 0 aliphatic carbocycles. The van der Waals surface area contributed by atoms with Gasteiger partial charge in [-0.1, -0.05) is 17.4 Å². The van der Waals surface area contributed by atoms with Gasteiger partial charge in [0, 0.05) is 0 Å². The lowest BCUT2D eigenvalue weighted by molar-refractivity contribution is 0.356. The van der Waals surface area contributed by atoms with E-state index in [1.165, 1.54) is 0 Å². The molecule has 2 heterocycles. The summed E-state index contributed by atoms with van der Waals surface area (Å²) in [6.07, 6.45) is 1.57. The van der Waals surface area contributed by atoms with Gasteiger partial charge in [-0.2, -0.15) is 0 Å². The molecule has 0 saturated carbocycles. The first-order valence-corrected chi connectivity index (χ1v) is 4.70. The van der Waals surface area contributed by atoms with Crippen LogP contribution in [0.15, 0.2) is 6.33 Å². The molecule has 0 fully saturated rings. The standard InChI is InChI=1S/C8H11N5S/c1-8(2,3)13-6-5(11-12-13)7(14)10-4-9-6/h4H,1-3H3,(H,9,10,14). The molecule has 0 aromatic carbocycles. The number of fused-ring (bicyclic) bond motifs is 1. The first-order valence-electron chi connectivity index (χ1n) is 4.30. The molecule has 14 heavy (non-hydrogen) atoms. The van der Waals surface area contributed by atoms with E-state index >= 15 is 0 Å². The smallest absolute Gasteiger partial charge is 0.166 e. The Bertz CT molecular complexity index is 518. The van der Waals surface area contributed by atoms with Crippen LogP contribution in [-0.4, -0.2) is 25.0 Å². The number of hydrogen-bond acceptors (Lipinski definition) is 4. The van der Waals surface area contributed by atoms with Crippen LogP contribution in [0.5, 0.6) is 0 Å². The van der Waals surface area contributed by atoms with Gasteiger partial charge in [0.25, 0.3) is 0 Å². The fraction of sp³-hybridized carbons (Fsp3) is 0.500. The molecule has 0 spiro atoms. The molecule has 0 aliphatic rings. The molecule has 0 bridgehead atoms. The monoisotopic (exact) mass is 209 g/mol. The first-order chi connectivity index (χ1) is 6.50. The van der Waals surface area contributed by atoms with Gasteiger partial charge in [0.05, 0.1) is 11.9 Å². The summed E-state index contributed by atoms with van der Waals surface area (Å²) < 4.78 is 2.29. The van der Waals surface area contributed by atoms with Gasteiger partial charge in [0.15, 0.2) is 15.8 Å². The lowest BCUT2D eigenvalue weighted by atomic mass is 10.1. The number of H-pyrrole nitrogens is 1. The van der Waals surface area contributed by atoms with Crippen LogP contribution in [0.3, 0.4) is 0 Å². The molecular weight excluding hydrogens is 198 g/mol. The number of aromatic amines is 1. The minimum absolute atomic E-state index is 0.117. The maximum absolute atomic E-state index is 5.04. The summed E-state index contributed by atoms with van der Waals surface area (Å²) in [5, 5.41) is 8.06. The van der Waals surface area contributed by atoms with Crippen molar-refractivity contribution in [1.29, 1.82) is 0 Å². The van der Waals surface area contributed by atoms with Crippen molar-refractivity contribution in [3.8, 4) is 0 Å². The van der Waals surface area contributed by atoms with E-state index in [0.717, 1.165) is 5.65 Å². The lowest BCUT2D eigenvalue weighted by Gasteiger charge is -2.18. The lowest BCUT2D eigenvalue weighted by Crippen LogP contribution is -2.23. The van der Waals surface area contributed by atoms with Crippen molar-refractivity contribution < 1.29 is 0 Å². The third-order valence-corrected chi connectivity index (χ3v) is 2.19. The number of rotatable bonds is 0. The Balaban J connectivity index is 2.83. The van der Waals surface area contributed by atoms with Crippen LogP contribution < -0.4 is 0 Å². The Morgan fingerprint density at radius 2 is 2.14 bits per heavy atom. The van der Waals surface area contributed by atoms with E-state index in [1.807, 2.05) is 0 Å². The van der Waals surface area contributed by atoms with E-state index in [1.54, 1.807) is 11.0 Å². The van der Waals surface area contributed by atoms with E-state index in [4.69, 9.17) is 12.2 Å². The summed E-state index contributed by atoms with van der Waals surface area (Å²) >= 11 is 5.04. The normalized spacial score (nSPS) is 12.2. The molecule has 2 aromatic heterocycles. The summed E-state index contributed by atoms with van der Waals surface area (Å²) in [7, 11) is 0. The number of hydrogen-bond donors (Lipinski definition) is 1. The molecular formula is C8H11N5S. The Labute approximate surface area is 86.2 Å². The minimum atomic E-state index is -0.117. The van der Waals surface area contributed by atoms with Crippen molar-refractivity contribution in [2.75, 3.05) is 0 Å². The molecule has 2 rings (SSSR count). The Hall–Kier alpha value is -1.30. The zero-order valence-electron chi connectivity index (χ0n) is 8.27. The highest BCUT2D eigenvalue weighted by atomic mass is 32.1. The Kier molecular flexibility index (Phi) is 1.88. The van der Waals surface area contributed by atoms with Crippen LogP contribution in [0.25, 0.3) is 11.2 Å². The first kappa shape index (κ1) is 9.26. The molecule has 2 aromatic rings. The summed E-state index contributed by atoms with van der Waals surface area (Å²) in [6.45, 7) is 6.16. The molecule has 74 valence electrons. The van der Waals surface area contributed by atoms with Crippen LogP contribution in [0.2, 0.25) is 0 Å². The molecule has 0 atom stereocenters. The van der Waals surface area contributed by atoms with Gasteiger partial charge in [0.2, 0.25) is 0 Å². The highest BCUT2D eigenvalue weighted by Crippen LogP contribution is 2.17. The number of nitrogens with zero attached hydrogens (tertiary/aromatic N) is 4. The molecule has 0 aliphatic heterocycles. The third-order valence-electron chi connectivity index (χ3n) is 1.89. The van der Waals surface area contributed by atoms with Crippen molar-refractivity contribution in [2.24, 2.45) is 0 Å². The predicted octanol–water partition coefficient (Wildman–Crippen LogP) is 1.64. The summed E-state index contributed by atoms with van der Waals surface area (Å²) in [4.78, 5) is 6.95. The molecule has 0 unspecified atom stereocenters. The van der Waals surface area contributed by atoms with Crippen LogP contribution in [0.4, 0.5) is 0 Å². The van der Waals surface area contributed by atoms with Crippen molar-refractivity contribution >= 4 is 23.4 Å². The maximum Gasteiger partial charge on any atom is 0.166 e. The van der Waals surface area contributed by atoms with Crippen LogP contribution in [0, 0.1) is 4.64 Å². The molecule has 0 radical (unpaired) electrons. The van der Waals surface area contributed by atoms with Gasteiger partial charge >= 0.3 is 0 Å². The van der Waals surface area contributed by atoms with Crippen LogP contribution >= 0.6 is 12.2 Å². The van der Waals surface area contributed by atoms with E-state index in [2.05, 4.69) is 41.1 Å². The van der Waals surface area contributed by atoms with Crippen LogP contribution in [0.1, 0.15) is 20.8 Å². The number of aromatic nitrogens is 5. The van der Waals surface area contributed by atoms with Gasteiger partial charge in [0.1, 0.15) is 0 Å². The SMILES string of the molecule is CC(C)(C)n1nnc2c(=S)nc[nH]c21. The summed E-state index contributed by atoms with van der Waals surface area (Å²) in [6, 6.07) is 0. The Morgan fingerprint density at radius 1 is 1.43 bits per heavy atom. The predicted molar refractivity (Wildman–Crippen MR) is 55.5 cm³/mol. The van der Waals surface area contributed by atoms with Gasteiger partial charge in [-0.25, -0.2) is 9.67 Å². The van der Waals surface area contributed by atoms with Crippen molar-refractivity contribution in [3.05, 3.63) is 11.0 Å². The molecule has 0 saturated heterocycles. The summed E-state index contributed by atoms with van der Waals surface area (Å²) in [5.41, 5.74) is 1.35. The second kappa shape index (κ2) is 2.84. The van der Waals surface area contributed by atoms with Gasteiger partial charge in [-0.15, -0.1) is 5.10 Å². The second-order valence-corrected chi connectivity index (χ2v) is 4.46. The van der Waals surface area contributed by atoms with Crippen LogP contribution in [-0.2, 0) is 5.54 Å². The van der Waals surface area contributed by atoms with E-state index in [9.17, 15) is 0 Å². The third kappa shape index (κ3) is 1.31. The summed E-state index contributed by atoms with van der Waals surface area (Å²) in [5.74, 6) is 0. The quantitative estimate of drug-likeness (QED) is 0.670. The number of nitrogens with one attached hydrogen (secondary N) is 1. The van der Waals surface area contributed by atoms with Gasteiger partial charge in [-0.05, 0) is 20.8 Å².